The summed E-state index contributed by atoms with van der Waals surface area (Å²) in [5.41, 5.74) is 6.80. The minimum atomic E-state index is -0.764. The van der Waals surface area contributed by atoms with Crippen molar-refractivity contribution in [1.29, 1.82) is 0 Å². The molecule has 3 N–H and O–H groups in total. The highest BCUT2D eigenvalue weighted by Gasteiger charge is 2.14. The molecule has 0 bridgehead atoms. The van der Waals surface area contributed by atoms with Crippen LogP contribution in [0.25, 0.3) is 0 Å². The number of methoxy groups -OCH3 is 1. The van der Waals surface area contributed by atoms with E-state index in [-0.39, 0.29) is 36.3 Å². The lowest BCUT2D eigenvalue weighted by molar-refractivity contribution is -0.385. The van der Waals surface area contributed by atoms with Crippen LogP contribution in [0.5, 0.6) is 11.5 Å². The molecule has 1 atom stereocenters. The largest absolute Gasteiger partial charge is 0.468 e. The van der Waals surface area contributed by atoms with Gasteiger partial charge in [0.25, 0.3) is 5.69 Å². The number of rotatable bonds is 8. The summed E-state index contributed by atoms with van der Waals surface area (Å²) in [6.45, 7) is 0. The van der Waals surface area contributed by atoms with Gasteiger partial charge in [0.05, 0.1) is 12.0 Å². The second-order valence-electron chi connectivity index (χ2n) is 6.51. The molecule has 0 saturated heterocycles. The van der Waals surface area contributed by atoms with E-state index in [4.69, 9.17) is 10.5 Å². The first-order valence-corrected chi connectivity index (χ1v) is 9.13. The summed E-state index contributed by atoms with van der Waals surface area (Å²) in [6.07, 6.45) is 1.41. The molecule has 1 heterocycles. The van der Waals surface area contributed by atoms with Gasteiger partial charge in [-0.15, -0.1) is 24.8 Å². The van der Waals surface area contributed by atoms with Gasteiger partial charge in [0.2, 0.25) is 0 Å². The Morgan fingerprint density at radius 1 is 1.18 bits per heavy atom. The van der Waals surface area contributed by atoms with E-state index in [0.29, 0.717) is 23.7 Å². The Kier molecular flexibility index (Phi) is 10.5. The van der Waals surface area contributed by atoms with E-state index >= 15 is 0 Å². The number of aromatic nitrogens is 1. The molecule has 1 aromatic heterocycles. The average molecular weight is 499 g/mol. The molecule has 3 aromatic rings. The standard InChI is InChI=1S/C21H19FN4O5.2ClH/c1-30-21(27)18(23)10-13-2-6-16(7-3-13)31-19-8-4-14(11-17(19)22)25-20-9-5-15(12-24-20)26(28)29;;/h2-9,11-12,18H,10,23H2,1H3,(H,24,25);2*1H/t18-;;/m0../s1. The number of hydrogen-bond acceptors (Lipinski definition) is 8. The minimum Gasteiger partial charge on any atom is -0.468 e. The Labute approximate surface area is 201 Å². The van der Waals surface area contributed by atoms with E-state index in [1.165, 1.54) is 31.4 Å². The molecule has 0 unspecified atom stereocenters. The highest BCUT2D eigenvalue weighted by Crippen LogP contribution is 2.28. The topological polar surface area (TPSA) is 130 Å². The number of carbonyl (C=O) groups is 1. The van der Waals surface area contributed by atoms with Gasteiger partial charge in [0.1, 0.15) is 23.8 Å². The van der Waals surface area contributed by atoms with Gasteiger partial charge < -0.3 is 20.5 Å². The molecule has 2 aromatic carbocycles. The van der Waals surface area contributed by atoms with E-state index < -0.39 is 22.8 Å². The fourth-order valence-electron chi connectivity index (χ4n) is 2.69. The summed E-state index contributed by atoms with van der Waals surface area (Å²) in [6, 6.07) is 13.0. The predicted octanol–water partition coefficient (Wildman–Crippen LogP) is 4.55. The van der Waals surface area contributed by atoms with Crippen LogP contribution in [0, 0.1) is 15.9 Å². The second-order valence-corrected chi connectivity index (χ2v) is 6.51. The third-order valence-corrected chi connectivity index (χ3v) is 4.27. The van der Waals surface area contributed by atoms with E-state index in [1.807, 2.05) is 0 Å². The van der Waals surface area contributed by atoms with Crippen molar-refractivity contribution >= 4 is 48.0 Å². The summed E-state index contributed by atoms with van der Waals surface area (Å²) in [5.74, 6) is -0.351. The second kappa shape index (κ2) is 12.5. The van der Waals surface area contributed by atoms with Gasteiger partial charge >= 0.3 is 5.97 Å². The number of nitrogens with one attached hydrogen (secondary N) is 1. The summed E-state index contributed by atoms with van der Waals surface area (Å²) in [4.78, 5) is 25.4. The number of carbonyl (C=O) groups excluding carboxylic acids is 1. The van der Waals surface area contributed by atoms with Crippen molar-refractivity contribution in [2.75, 3.05) is 12.4 Å². The van der Waals surface area contributed by atoms with Crippen LogP contribution in [0.3, 0.4) is 0 Å². The maximum Gasteiger partial charge on any atom is 0.322 e. The fraction of sp³-hybridized carbons (Fsp3) is 0.143. The number of nitro groups is 1. The molecule has 0 amide bonds. The molecule has 9 nitrogen and oxygen atoms in total. The van der Waals surface area contributed by atoms with Crippen molar-refractivity contribution in [3.8, 4) is 11.5 Å². The van der Waals surface area contributed by atoms with Crippen molar-refractivity contribution in [2.24, 2.45) is 5.73 Å². The number of benzene rings is 2. The van der Waals surface area contributed by atoms with E-state index in [2.05, 4.69) is 15.0 Å². The smallest absolute Gasteiger partial charge is 0.322 e. The van der Waals surface area contributed by atoms with Crippen LogP contribution < -0.4 is 15.8 Å². The van der Waals surface area contributed by atoms with Crippen molar-refractivity contribution < 1.29 is 23.6 Å². The van der Waals surface area contributed by atoms with Gasteiger partial charge in [-0.05, 0) is 42.3 Å². The molecule has 12 heteroatoms. The van der Waals surface area contributed by atoms with Gasteiger partial charge in [0, 0.05) is 17.8 Å². The molecule has 0 saturated carbocycles. The highest BCUT2D eigenvalue weighted by atomic mass is 35.5. The third-order valence-electron chi connectivity index (χ3n) is 4.27. The minimum absolute atomic E-state index is 0. The predicted molar refractivity (Wildman–Crippen MR) is 125 cm³/mol. The number of halogens is 3. The first-order chi connectivity index (χ1) is 14.9. The fourth-order valence-corrected chi connectivity index (χ4v) is 2.69. The zero-order valence-corrected chi connectivity index (χ0v) is 18.9. The van der Waals surface area contributed by atoms with Crippen molar-refractivity contribution in [3.63, 3.8) is 0 Å². The van der Waals surface area contributed by atoms with Gasteiger partial charge in [-0.3, -0.25) is 14.9 Å². The molecule has 0 aliphatic heterocycles. The van der Waals surface area contributed by atoms with Gasteiger partial charge in [-0.1, -0.05) is 12.1 Å². The third kappa shape index (κ3) is 7.56. The Hall–Kier alpha value is -3.47. The Bertz CT molecular complexity index is 1090. The molecule has 3 rings (SSSR count). The summed E-state index contributed by atoms with van der Waals surface area (Å²) in [7, 11) is 1.27. The van der Waals surface area contributed by atoms with Crippen molar-refractivity contribution in [1.82, 2.24) is 4.98 Å². The monoisotopic (exact) mass is 498 g/mol. The molecular weight excluding hydrogens is 478 g/mol. The lowest BCUT2D eigenvalue weighted by Crippen LogP contribution is -2.33. The van der Waals surface area contributed by atoms with Crippen LogP contribution in [0.4, 0.5) is 21.6 Å². The molecule has 176 valence electrons. The molecule has 0 spiro atoms. The average Bonchev–Trinajstić information content (AvgIpc) is 2.76. The maximum atomic E-state index is 14.4. The number of anilines is 2. The van der Waals surface area contributed by atoms with Crippen LogP contribution in [0.2, 0.25) is 0 Å². The Morgan fingerprint density at radius 3 is 2.42 bits per heavy atom. The van der Waals surface area contributed by atoms with E-state index in [1.54, 1.807) is 30.3 Å². The first kappa shape index (κ1) is 27.6. The summed E-state index contributed by atoms with van der Waals surface area (Å²) < 4.78 is 24.6. The van der Waals surface area contributed by atoms with E-state index in [0.717, 1.165) is 11.8 Å². The van der Waals surface area contributed by atoms with Crippen molar-refractivity contribution in [3.05, 3.63) is 82.3 Å². The number of esters is 1. The van der Waals surface area contributed by atoms with Crippen LogP contribution >= 0.6 is 24.8 Å². The number of pyridine rings is 1. The molecule has 0 aliphatic carbocycles. The SMILES string of the molecule is COC(=O)[C@@H](N)Cc1ccc(Oc2ccc(Nc3ccc([N+](=O)[O-])cn3)cc2F)cc1.Cl.Cl. The summed E-state index contributed by atoms with van der Waals surface area (Å²) in [5, 5.41) is 13.5. The van der Waals surface area contributed by atoms with Gasteiger partial charge in [-0.25, -0.2) is 9.37 Å². The summed E-state index contributed by atoms with van der Waals surface area (Å²) >= 11 is 0. The van der Waals surface area contributed by atoms with Gasteiger partial charge in [-0.2, -0.15) is 0 Å². The Balaban J connectivity index is 0.00000272. The number of nitrogens with two attached hydrogens (primary N) is 1. The van der Waals surface area contributed by atoms with Crippen LogP contribution in [-0.4, -0.2) is 29.0 Å². The van der Waals surface area contributed by atoms with Crippen molar-refractivity contribution in [2.45, 2.75) is 12.5 Å². The molecule has 0 fully saturated rings. The Morgan fingerprint density at radius 2 is 1.88 bits per heavy atom. The zero-order chi connectivity index (χ0) is 22.4. The highest BCUT2D eigenvalue weighted by molar-refractivity contribution is 5.85. The van der Waals surface area contributed by atoms with Gasteiger partial charge in [0.15, 0.2) is 11.6 Å². The maximum absolute atomic E-state index is 14.4. The first-order valence-electron chi connectivity index (χ1n) is 9.13. The lowest BCUT2D eigenvalue weighted by Gasteiger charge is -2.11. The number of ether oxygens (including phenoxy) is 2. The van der Waals surface area contributed by atoms with Crippen LogP contribution in [-0.2, 0) is 16.0 Å². The quantitative estimate of drug-likeness (QED) is 0.262. The lowest BCUT2D eigenvalue weighted by atomic mass is 10.1. The number of hydrogen-bond donors (Lipinski definition) is 2. The molecule has 0 aliphatic rings. The number of nitrogens with zero attached hydrogens (tertiary/aromatic N) is 2. The zero-order valence-electron chi connectivity index (χ0n) is 17.3. The van der Waals surface area contributed by atoms with Crippen LogP contribution in [0.1, 0.15) is 5.56 Å². The van der Waals surface area contributed by atoms with E-state index in [9.17, 15) is 19.3 Å². The molecular formula is C21H21Cl2FN4O5. The molecule has 0 radical (unpaired) electrons. The molecule has 33 heavy (non-hydrogen) atoms. The normalized spacial score (nSPS) is 10.8. The van der Waals surface area contributed by atoms with Crippen LogP contribution in [0.15, 0.2) is 60.8 Å².